The molecule has 0 aromatic heterocycles. The molecule has 0 radical (unpaired) electrons. The summed E-state index contributed by atoms with van der Waals surface area (Å²) in [7, 11) is 0. The molecule has 1 heterocycles. The SMILES string of the molecule is C#CC.NC1(Cl)N=NNc2ccccc21. The normalized spacial score (nSPS) is 21.5. The summed E-state index contributed by atoms with van der Waals surface area (Å²) < 4.78 is 0. The summed E-state index contributed by atoms with van der Waals surface area (Å²) in [6, 6.07) is 7.38. The van der Waals surface area contributed by atoms with Crippen LogP contribution in [0.15, 0.2) is 34.6 Å². The molecule has 15 heavy (non-hydrogen) atoms. The van der Waals surface area contributed by atoms with Crippen molar-refractivity contribution in [2.45, 2.75) is 12.0 Å². The number of terminal acetylenes is 1. The molecular weight excluding hydrogens is 212 g/mol. The maximum Gasteiger partial charge on any atom is 0.233 e. The van der Waals surface area contributed by atoms with E-state index in [2.05, 4.69) is 28.1 Å². The van der Waals surface area contributed by atoms with Gasteiger partial charge < -0.3 is 0 Å². The predicted octanol–water partition coefficient (Wildman–Crippen LogP) is 2.43. The second-order valence-corrected chi connectivity index (χ2v) is 3.40. The second-order valence-electron chi connectivity index (χ2n) is 2.82. The maximum absolute atomic E-state index is 5.88. The molecule has 0 saturated heterocycles. The Hall–Kier alpha value is -1.57. The number of nitrogens with zero attached hydrogens (tertiary/aromatic N) is 2. The maximum atomic E-state index is 5.88. The minimum atomic E-state index is -1.22. The van der Waals surface area contributed by atoms with Gasteiger partial charge in [0.25, 0.3) is 0 Å². The highest BCUT2D eigenvalue weighted by atomic mass is 35.5. The third-order valence-electron chi connectivity index (χ3n) is 1.67. The van der Waals surface area contributed by atoms with Gasteiger partial charge in [0.05, 0.1) is 5.69 Å². The third-order valence-corrected chi connectivity index (χ3v) is 1.95. The van der Waals surface area contributed by atoms with E-state index in [4.69, 9.17) is 17.3 Å². The number of halogens is 1. The van der Waals surface area contributed by atoms with Gasteiger partial charge in [-0.1, -0.05) is 35.0 Å². The zero-order valence-corrected chi connectivity index (χ0v) is 8.99. The van der Waals surface area contributed by atoms with E-state index >= 15 is 0 Å². The van der Waals surface area contributed by atoms with E-state index in [1.807, 2.05) is 24.3 Å². The van der Waals surface area contributed by atoms with Gasteiger partial charge in [-0.3, -0.25) is 11.2 Å². The van der Waals surface area contributed by atoms with Crippen LogP contribution in [0.3, 0.4) is 0 Å². The molecule has 0 fully saturated rings. The highest BCUT2D eigenvalue weighted by Gasteiger charge is 2.29. The van der Waals surface area contributed by atoms with Gasteiger partial charge in [-0.05, 0) is 13.0 Å². The average molecular weight is 223 g/mol. The molecule has 3 N–H and O–H groups in total. The fourth-order valence-electron chi connectivity index (χ4n) is 1.09. The number of rotatable bonds is 0. The Morgan fingerprint density at radius 1 is 1.53 bits per heavy atom. The summed E-state index contributed by atoms with van der Waals surface area (Å²) in [4.78, 5) is 0. The van der Waals surface area contributed by atoms with E-state index in [1.54, 1.807) is 6.92 Å². The van der Waals surface area contributed by atoms with Gasteiger partial charge in [0.2, 0.25) is 5.12 Å². The summed E-state index contributed by atoms with van der Waals surface area (Å²) in [5, 5.41) is 6.03. The predicted molar refractivity (Wildman–Crippen MR) is 61.1 cm³/mol. The van der Waals surface area contributed by atoms with Crippen molar-refractivity contribution in [3.8, 4) is 12.3 Å². The van der Waals surface area contributed by atoms with E-state index in [0.29, 0.717) is 0 Å². The van der Waals surface area contributed by atoms with Gasteiger partial charge in [0, 0.05) is 5.56 Å². The minimum Gasteiger partial charge on any atom is -0.289 e. The topological polar surface area (TPSA) is 62.8 Å². The molecule has 0 aliphatic carbocycles. The third kappa shape index (κ3) is 2.69. The summed E-state index contributed by atoms with van der Waals surface area (Å²) in [5.41, 5.74) is 9.90. The number of hydrogen-bond acceptors (Lipinski definition) is 4. The summed E-state index contributed by atoms with van der Waals surface area (Å²) in [6.07, 6.45) is 4.60. The Balaban J connectivity index is 0.000000337. The average Bonchev–Trinajstić information content (AvgIpc) is 2.19. The molecule has 1 aliphatic rings. The molecule has 1 aromatic carbocycles. The molecule has 1 aliphatic heterocycles. The number of fused-ring (bicyclic) bond motifs is 1. The molecule has 2 rings (SSSR count). The Morgan fingerprint density at radius 3 is 2.73 bits per heavy atom. The molecule has 1 unspecified atom stereocenters. The highest BCUT2D eigenvalue weighted by Crippen LogP contribution is 2.33. The molecule has 78 valence electrons. The zero-order valence-electron chi connectivity index (χ0n) is 8.24. The van der Waals surface area contributed by atoms with Crippen LogP contribution in [-0.4, -0.2) is 0 Å². The van der Waals surface area contributed by atoms with Crippen molar-refractivity contribution in [2.75, 3.05) is 5.43 Å². The van der Waals surface area contributed by atoms with Gasteiger partial charge in [0.15, 0.2) is 0 Å². The first-order valence-corrected chi connectivity index (χ1v) is 4.62. The van der Waals surface area contributed by atoms with Gasteiger partial charge in [0.1, 0.15) is 0 Å². The second kappa shape index (κ2) is 4.78. The van der Waals surface area contributed by atoms with E-state index in [-0.39, 0.29) is 0 Å². The van der Waals surface area contributed by atoms with Gasteiger partial charge >= 0.3 is 0 Å². The van der Waals surface area contributed by atoms with E-state index < -0.39 is 5.12 Å². The van der Waals surface area contributed by atoms with Crippen molar-refractivity contribution in [3.63, 3.8) is 0 Å². The molecule has 0 bridgehead atoms. The van der Waals surface area contributed by atoms with Gasteiger partial charge in [-0.2, -0.15) is 0 Å². The molecule has 5 heteroatoms. The minimum absolute atomic E-state index is 0.738. The van der Waals surface area contributed by atoms with Crippen LogP contribution in [-0.2, 0) is 5.12 Å². The Labute approximate surface area is 93.5 Å². The van der Waals surface area contributed by atoms with Crippen molar-refractivity contribution in [2.24, 2.45) is 16.1 Å². The first-order chi connectivity index (χ1) is 7.11. The van der Waals surface area contributed by atoms with Crippen molar-refractivity contribution >= 4 is 17.3 Å². The monoisotopic (exact) mass is 222 g/mol. The van der Waals surface area contributed by atoms with Crippen LogP contribution in [0.5, 0.6) is 0 Å². The lowest BCUT2D eigenvalue weighted by Gasteiger charge is -2.22. The lowest BCUT2D eigenvalue weighted by atomic mass is 10.1. The number of nitrogens with two attached hydrogens (primary N) is 1. The molecule has 1 atom stereocenters. The number of benzene rings is 1. The Kier molecular flexibility index (Phi) is 3.67. The van der Waals surface area contributed by atoms with E-state index in [0.717, 1.165) is 11.3 Å². The van der Waals surface area contributed by atoms with Crippen LogP contribution in [0.2, 0.25) is 0 Å². The molecule has 0 spiro atoms. The number of alkyl halides is 1. The summed E-state index contributed by atoms with van der Waals surface area (Å²) in [5.74, 6) is 2.25. The van der Waals surface area contributed by atoms with Gasteiger partial charge in [-0.25, -0.2) is 0 Å². The fraction of sp³-hybridized carbons (Fsp3) is 0.200. The zero-order chi connectivity index (χ0) is 11.3. The summed E-state index contributed by atoms with van der Waals surface area (Å²) in [6.45, 7) is 1.65. The van der Waals surface area contributed by atoms with Crippen LogP contribution in [0.1, 0.15) is 12.5 Å². The van der Waals surface area contributed by atoms with Crippen molar-refractivity contribution in [1.82, 2.24) is 0 Å². The van der Waals surface area contributed by atoms with Crippen LogP contribution in [0.25, 0.3) is 0 Å². The van der Waals surface area contributed by atoms with Crippen molar-refractivity contribution < 1.29 is 0 Å². The molecule has 0 saturated carbocycles. The lowest BCUT2D eigenvalue weighted by molar-refractivity contribution is 0.618. The number of anilines is 1. The molecular formula is C10H11ClN4. The highest BCUT2D eigenvalue weighted by molar-refractivity contribution is 6.23. The van der Waals surface area contributed by atoms with Crippen LogP contribution in [0, 0.1) is 12.3 Å². The number of para-hydroxylation sites is 1. The van der Waals surface area contributed by atoms with Crippen molar-refractivity contribution in [3.05, 3.63) is 29.8 Å². The molecule has 0 amide bonds. The van der Waals surface area contributed by atoms with Gasteiger partial charge in [-0.15, -0.1) is 17.5 Å². The van der Waals surface area contributed by atoms with Crippen LogP contribution >= 0.6 is 11.6 Å². The van der Waals surface area contributed by atoms with Crippen LogP contribution in [0.4, 0.5) is 5.69 Å². The first kappa shape index (κ1) is 11.5. The first-order valence-electron chi connectivity index (χ1n) is 4.24. The van der Waals surface area contributed by atoms with E-state index in [1.165, 1.54) is 0 Å². The fourth-order valence-corrected chi connectivity index (χ4v) is 1.29. The smallest absolute Gasteiger partial charge is 0.233 e. The Morgan fingerprint density at radius 2 is 2.13 bits per heavy atom. The quantitative estimate of drug-likeness (QED) is 0.402. The van der Waals surface area contributed by atoms with E-state index in [9.17, 15) is 0 Å². The standard InChI is InChI=1S/C7H7ClN4.C3H4/c8-7(9)5-3-1-2-4-6(5)10-12-11-7;1-3-2/h1-4H,9H2,(H,10,11);1H,2H3. The molecule has 1 aromatic rings. The molecule has 4 nitrogen and oxygen atoms in total. The Bertz CT molecular complexity index is 406. The number of nitrogens with one attached hydrogen (secondary N) is 1. The lowest BCUT2D eigenvalue weighted by Crippen LogP contribution is -2.30. The van der Waals surface area contributed by atoms with Crippen LogP contribution < -0.4 is 11.2 Å². The number of hydrogen-bond donors (Lipinski definition) is 2. The summed E-state index contributed by atoms with van der Waals surface area (Å²) >= 11 is 5.88. The van der Waals surface area contributed by atoms with Crippen molar-refractivity contribution in [1.29, 1.82) is 0 Å². The largest absolute Gasteiger partial charge is 0.289 e.